The largest absolute Gasteiger partial charge is 0.479 e. The maximum absolute atomic E-state index is 12.5. The van der Waals surface area contributed by atoms with Gasteiger partial charge in [0.2, 0.25) is 10.0 Å². The van der Waals surface area contributed by atoms with Crippen LogP contribution in [0, 0.1) is 0 Å². The monoisotopic (exact) mass is 315 g/mol. The summed E-state index contributed by atoms with van der Waals surface area (Å²) >= 11 is 0. The van der Waals surface area contributed by atoms with Crippen molar-refractivity contribution in [2.45, 2.75) is 17.6 Å². The second-order valence-electron chi connectivity index (χ2n) is 4.64. The van der Waals surface area contributed by atoms with Gasteiger partial charge in [0.15, 0.2) is 6.10 Å². The van der Waals surface area contributed by atoms with E-state index in [-0.39, 0.29) is 24.6 Å². The fraction of sp³-hybridized carbons (Fsp3) is 0.462. The normalized spacial score (nSPS) is 20.3. The van der Waals surface area contributed by atoms with Gasteiger partial charge in [-0.05, 0) is 17.7 Å². The molecule has 0 aromatic heterocycles. The maximum Gasteiger partial charge on any atom is 0.334 e. The van der Waals surface area contributed by atoms with Gasteiger partial charge in [-0.3, -0.25) is 0 Å². The molecule has 0 amide bonds. The molecular formula is C13H17NO6S. The highest BCUT2D eigenvalue weighted by molar-refractivity contribution is 7.89. The number of morpholine rings is 1. The summed E-state index contributed by atoms with van der Waals surface area (Å²) in [6.45, 7) is 0.431. The Bertz CT molecular complexity index is 598. The summed E-state index contributed by atoms with van der Waals surface area (Å²) in [5.41, 5.74) is 0.863. The minimum absolute atomic E-state index is 0.0674. The SMILES string of the molecule is COCc1ccc(S(=O)(=O)N2CCOC(C(=O)O)C2)cc1. The molecule has 1 aliphatic rings. The second kappa shape index (κ2) is 6.52. The van der Waals surface area contributed by atoms with E-state index in [1.165, 1.54) is 12.1 Å². The summed E-state index contributed by atoms with van der Waals surface area (Å²) in [5, 5.41) is 8.93. The van der Waals surface area contributed by atoms with Gasteiger partial charge in [0.1, 0.15) is 0 Å². The molecule has 0 spiro atoms. The van der Waals surface area contributed by atoms with E-state index in [1.807, 2.05) is 0 Å². The maximum atomic E-state index is 12.5. The number of rotatable bonds is 5. The van der Waals surface area contributed by atoms with Crippen molar-refractivity contribution >= 4 is 16.0 Å². The number of hydrogen-bond donors (Lipinski definition) is 1. The number of hydrogen-bond acceptors (Lipinski definition) is 5. The fourth-order valence-corrected chi connectivity index (χ4v) is 3.49. The number of carboxylic acids is 1. The lowest BCUT2D eigenvalue weighted by atomic mass is 10.2. The van der Waals surface area contributed by atoms with E-state index >= 15 is 0 Å². The van der Waals surface area contributed by atoms with Gasteiger partial charge in [-0.1, -0.05) is 12.1 Å². The Hall–Kier alpha value is -1.48. The summed E-state index contributed by atoms with van der Waals surface area (Å²) in [5.74, 6) is -1.16. The average molecular weight is 315 g/mol. The molecule has 1 aromatic rings. The molecular weight excluding hydrogens is 298 g/mol. The minimum Gasteiger partial charge on any atom is -0.479 e. The molecule has 21 heavy (non-hydrogen) atoms. The zero-order valence-corrected chi connectivity index (χ0v) is 12.4. The number of benzene rings is 1. The zero-order chi connectivity index (χ0) is 15.5. The molecule has 7 nitrogen and oxygen atoms in total. The Morgan fingerprint density at radius 2 is 2.10 bits per heavy atom. The standard InChI is InChI=1S/C13H17NO6S/c1-19-9-10-2-4-11(5-3-10)21(17,18)14-6-7-20-12(8-14)13(15)16/h2-5,12H,6-9H2,1H3,(H,15,16). The number of methoxy groups -OCH3 is 1. The Kier molecular flexibility index (Phi) is 4.94. The molecule has 1 unspecified atom stereocenters. The van der Waals surface area contributed by atoms with Crippen molar-refractivity contribution < 1.29 is 27.8 Å². The average Bonchev–Trinajstić information content (AvgIpc) is 2.48. The van der Waals surface area contributed by atoms with Gasteiger partial charge in [0.05, 0.1) is 24.7 Å². The Labute approximate surface area is 123 Å². The highest BCUT2D eigenvalue weighted by Crippen LogP contribution is 2.19. The van der Waals surface area contributed by atoms with Crippen LogP contribution in [0.2, 0.25) is 0 Å². The number of sulfonamides is 1. The van der Waals surface area contributed by atoms with E-state index in [1.54, 1.807) is 19.2 Å². The smallest absolute Gasteiger partial charge is 0.334 e. The predicted octanol–water partition coefficient (Wildman–Crippen LogP) is 0.307. The molecule has 1 aromatic carbocycles. The van der Waals surface area contributed by atoms with Crippen molar-refractivity contribution in [1.82, 2.24) is 4.31 Å². The number of aliphatic carboxylic acids is 1. The number of carboxylic acid groups (broad SMARTS) is 1. The third-order valence-corrected chi connectivity index (χ3v) is 5.06. The Balaban J connectivity index is 2.18. The van der Waals surface area contributed by atoms with Gasteiger partial charge in [-0.15, -0.1) is 0 Å². The molecule has 1 fully saturated rings. The summed E-state index contributed by atoms with van der Waals surface area (Å²) in [6, 6.07) is 6.33. The number of carbonyl (C=O) groups is 1. The first-order valence-electron chi connectivity index (χ1n) is 6.37. The van der Waals surface area contributed by atoms with Crippen LogP contribution in [0.3, 0.4) is 0 Å². The molecule has 116 valence electrons. The van der Waals surface area contributed by atoms with E-state index in [2.05, 4.69) is 0 Å². The molecule has 1 saturated heterocycles. The highest BCUT2D eigenvalue weighted by atomic mass is 32.2. The van der Waals surface area contributed by atoms with Gasteiger partial charge in [0, 0.05) is 13.7 Å². The molecule has 2 rings (SSSR count). The van der Waals surface area contributed by atoms with Crippen molar-refractivity contribution in [2.75, 3.05) is 26.8 Å². The summed E-state index contributed by atoms with van der Waals surface area (Å²) in [4.78, 5) is 11.1. The van der Waals surface area contributed by atoms with Crippen LogP contribution in [0.1, 0.15) is 5.56 Å². The van der Waals surface area contributed by atoms with Crippen LogP contribution in [0.25, 0.3) is 0 Å². The second-order valence-corrected chi connectivity index (χ2v) is 6.58. The van der Waals surface area contributed by atoms with Gasteiger partial charge in [0.25, 0.3) is 0 Å². The predicted molar refractivity (Wildman–Crippen MR) is 73.3 cm³/mol. The van der Waals surface area contributed by atoms with Crippen LogP contribution < -0.4 is 0 Å². The third kappa shape index (κ3) is 3.59. The van der Waals surface area contributed by atoms with Crippen LogP contribution in [0.4, 0.5) is 0 Å². The topological polar surface area (TPSA) is 93.1 Å². The fourth-order valence-electron chi connectivity index (χ4n) is 2.07. The van der Waals surface area contributed by atoms with E-state index < -0.39 is 22.1 Å². The van der Waals surface area contributed by atoms with Crippen molar-refractivity contribution in [3.8, 4) is 0 Å². The first kappa shape index (κ1) is 15.9. The van der Waals surface area contributed by atoms with Crippen LogP contribution >= 0.6 is 0 Å². The van der Waals surface area contributed by atoms with Crippen LogP contribution in [0.5, 0.6) is 0 Å². The first-order valence-corrected chi connectivity index (χ1v) is 7.81. The van der Waals surface area contributed by atoms with Crippen molar-refractivity contribution in [3.05, 3.63) is 29.8 Å². The lowest BCUT2D eigenvalue weighted by Crippen LogP contribution is -2.48. The third-order valence-electron chi connectivity index (χ3n) is 3.18. The van der Waals surface area contributed by atoms with Gasteiger partial charge in [-0.25, -0.2) is 13.2 Å². The summed E-state index contributed by atoms with van der Waals surface area (Å²) in [6.07, 6.45) is -1.12. The highest BCUT2D eigenvalue weighted by Gasteiger charge is 2.33. The van der Waals surface area contributed by atoms with Crippen LogP contribution in [0.15, 0.2) is 29.2 Å². The minimum atomic E-state index is -3.71. The van der Waals surface area contributed by atoms with Gasteiger partial charge in [-0.2, -0.15) is 4.31 Å². The molecule has 0 bridgehead atoms. The van der Waals surface area contributed by atoms with E-state index in [9.17, 15) is 13.2 Å². The molecule has 0 radical (unpaired) electrons. The van der Waals surface area contributed by atoms with Crippen LogP contribution in [-0.4, -0.2) is 56.7 Å². The van der Waals surface area contributed by atoms with Crippen molar-refractivity contribution in [3.63, 3.8) is 0 Å². The quantitative estimate of drug-likeness (QED) is 0.840. The molecule has 1 N–H and O–H groups in total. The molecule has 0 aliphatic carbocycles. The van der Waals surface area contributed by atoms with Gasteiger partial charge < -0.3 is 14.6 Å². The summed E-state index contributed by atoms with van der Waals surface area (Å²) in [7, 11) is -2.15. The lowest BCUT2D eigenvalue weighted by molar-refractivity contribution is -0.153. The molecule has 8 heteroatoms. The number of nitrogens with zero attached hydrogens (tertiary/aromatic N) is 1. The molecule has 1 atom stereocenters. The van der Waals surface area contributed by atoms with E-state index in [0.717, 1.165) is 9.87 Å². The van der Waals surface area contributed by atoms with E-state index in [0.29, 0.717) is 6.61 Å². The zero-order valence-electron chi connectivity index (χ0n) is 11.6. The summed E-state index contributed by atoms with van der Waals surface area (Å²) < 4.78 is 36.1. The van der Waals surface area contributed by atoms with Gasteiger partial charge >= 0.3 is 5.97 Å². The Morgan fingerprint density at radius 3 is 2.67 bits per heavy atom. The van der Waals surface area contributed by atoms with Crippen LogP contribution in [-0.2, 0) is 30.9 Å². The van der Waals surface area contributed by atoms with Crippen molar-refractivity contribution in [1.29, 1.82) is 0 Å². The Morgan fingerprint density at radius 1 is 1.43 bits per heavy atom. The molecule has 1 heterocycles. The lowest BCUT2D eigenvalue weighted by Gasteiger charge is -2.30. The van der Waals surface area contributed by atoms with E-state index in [4.69, 9.17) is 14.6 Å². The number of ether oxygens (including phenoxy) is 2. The van der Waals surface area contributed by atoms with Crippen molar-refractivity contribution in [2.24, 2.45) is 0 Å². The first-order chi connectivity index (χ1) is 9.95. The molecule has 0 saturated carbocycles. The molecule has 1 aliphatic heterocycles.